The molecule has 0 aromatic heterocycles. The summed E-state index contributed by atoms with van der Waals surface area (Å²) in [7, 11) is 0. The molecule has 1 aliphatic heterocycles. The van der Waals surface area contributed by atoms with Crippen molar-refractivity contribution < 1.29 is 9.59 Å². The minimum absolute atomic E-state index is 0.228. The van der Waals surface area contributed by atoms with Crippen LogP contribution in [0.1, 0.15) is 23.1 Å². The molecule has 2 aliphatic rings. The van der Waals surface area contributed by atoms with Crippen molar-refractivity contribution in [2.75, 3.05) is 13.1 Å². The molecule has 1 heterocycles. The number of imide groups is 1. The molecule has 4 nitrogen and oxygen atoms in total. The summed E-state index contributed by atoms with van der Waals surface area (Å²) >= 11 is 0. The molecule has 0 bridgehead atoms. The van der Waals surface area contributed by atoms with Gasteiger partial charge in [0.15, 0.2) is 0 Å². The topological polar surface area (TPSA) is 63.4 Å². The second kappa shape index (κ2) is 4.63. The van der Waals surface area contributed by atoms with Crippen molar-refractivity contribution in [1.82, 2.24) is 4.90 Å². The molecule has 3 rings (SSSR count). The van der Waals surface area contributed by atoms with E-state index in [4.69, 9.17) is 5.73 Å². The van der Waals surface area contributed by atoms with E-state index in [1.807, 2.05) is 12.1 Å². The molecule has 1 aliphatic carbocycles. The van der Waals surface area contributed by atoms with E-state index in [1.54, 1.807) is 0 Å². The summed E-state index contributed by atoms with van der Waals surface area (Å²) in [6.07, 6.45) is 4.77. The summed E-state index contributed by atoms with van der Waals surface area (Å²) in [6.45, 7) is 0.575. The second-order valence-electron chi connectivity index (χ2n) is 4.98. The molecular formula is C15H16N2O2. The predicted molar refractivity (Wildman–Crippen MR) is 72.2 cm³/mol. The van der Waals surface area contributed by atoms with Crippen LogP contribution in [0.15, 0.2) is 24.3 Å². The van der Waals surface area contributed by atoms with Gasteiger partial charge in [0.1, 0.15) is 0 Å². The summed E-state index contributed by atoms with van der Waals surface area (Å²) in [4.78, 5) is 25.2. The molecule has 0 fully saturated rings. The lowest BCUT2D eigenvalue weighted by Crippen LogP contribution is -2.35. The fourth-order valence-electron chi connectivity index (χ4n) is 2.80. The predicted octanol–water partition coefficient (Wildman–Crippen LogP) is 0.886. The normalized spacial score (nSPS) is 17.9. The molecule has 0 unspecified atom stereocenters. The molecule has 19 heavy (non-hydrogen) atoms. The Labute approximate surface area is 111 Å². The number of nitrogens with zero attached hydrogens (tertiary/aromatic N) is 1. The summed E-state index contributed by atoms with van der Waals surface area (Å²) in [5.41, 5.74) is 9.42. The van der Waals surface area contributed by atoms with Gasteiger partial charge < -0.3 is 5.73 Å². The van der Waals surface area contributed by atoms with E-state index in [0.717, 1.165) is 18.4 Å². The van der Waals surface area contributed by atoms with Gasteiger partial charge in [0, 0.05) is 19.2 Å². The SMILES string of the molecule is NCCN1C(=O)C=C(c2ccc3c(c2)CCC3)C1=O. The molecule has 1 aromatic carbocycles. The molecule has 2 N–H and O–H groups in total. The zero-order valence-electron chi connectivity index (χ0n) is 10.7. The Kier molecular flexibility index (Phi) is 2.95. The number of benzene rings is 1. The summed E-state index contributed by atoms with van der Waals surface area (Å²) in [5.74, 6) is -0.487. The number of carbonyl (C=O) groups is 2. The summed E-state index contributed by atoms with van der Waals surface area (Å²) < 4.78 is 0. The molecule has 2 amide bonds. The van der Waals surface area contributed by atoms with Crippen LogP contribution in [0.4, 0.5) is 0 Å². The van der Waals surface area contributed by atoms with Crippen LogP contribution in [0.25, 0.3) is 5.57 Å². The van der Waals surface area contributed by atoms with Crippen LogP contribution in [-0.4, -0.2) is 29.8 Å². The van der Waals surface area contributed by atoms with Crippen LogP contribution in [0, 0.1) is 0 Å². The lowest BCUT2D eigenvalue weighted by molar-refractivity contribution is -0.136. The minimum atomic E-state index is -0.258. The van der Waals surface area contributed by atoms with E-state index >= 15 is 0 Å². The smallest absolute Gasteiger partial charge is 0.261 e. The lowest BCUT2D eigenvalue weighted by Gasteiger charge is -2.13. The van der Waals surface area contributed by atoms with E-state index in [0.29, 0.717) is 12.1 Å². The molecule has 0 saturated carbocycles. The van der Waals surface area contributed by atoms with E-state index in [1.165, 1.54) is 28.5 Å². The third-order valence-corrected chi connectivity index (χ3v) is 3.77. The number of carbonyl (C=O) groups excluding carboxylic acids is 2. The fraction of sp³-hybridized carbons (Fsp3) is 0.333. The Morgan fingerprint density at radius 2 is 1.95 bits per heavy atom. The van der Waals surface area contributed by atoms with Gasteiger partial charge in [0.25, 0.3) is 11.8 Å². The van der Waals surface area contributed by atoms with Crippen LogP contribution in [0.3, 0.4) is 0 Å². The van der Waals surface area contributed by atoms with Gasteiger partial charge in [-0.3, -0.25) is 14.5 Å². The summed E-state index contributed by atoms with van der Waals surface area (Å²) in [5, 5.41) is 0. The molecule has 4 heteroatoms. The van der Waals surface area contributed by atoms with E-state index in [-0.39, 0.29) is 18.4 Å². The van der Waals surface area contributed by atoms with Crippen molar-refractivity contribution in [2.24, 2.45) is 5.73 Å². The summed E-state index contributed by atoms with van der Waals surface area (Å²) in [6, 6.07) is 6.06. The first-order chi connectivity index (χ1) is 9.20. The fourth-order valence-corrected chi connectivity index (χ4v) is 2.80. The van der Waals surface area contributed by atoms with Crippen molar-refractivity contribution in [1.29, 1.82) is 0 Å². The maximum Gasteiger partial charge on any atom is 0.261 e. The van der Waals surface area contributed by atoms with Gasteiger partial charge in [0.2, 0.25) is 0 Å². The quantitative estimate of drug-likeness (QED) is 0.817. The van der Waals surface area contributed by atoms with Gasteiger partial charge in [-0.15, -0.1) is 0 Å². The van der Waals surface area contributed by atoms with Gasteiger partial charge in [-0.05, 0) is 36.0 Å². The molecule has 98 valence electrons. The number of hydrogen-bond acceptors (Lipinski definition) is 3. The monoisotopic (exact) mass is 256 g/mol. The van der Waals surface area contributed by atoms with Crippen molar-refractivity contribution in [2.45, 2.75) is 19.3 Å². The highest BCUT2D eigenvalue weighted by atomic mass is 16.2. The van der Waals surface area contributed by atoms with Gasteiger partial charge in [-0.2, -0.15) is 0 Å². The van der Waals surface area contributed by atoms with Gasteiger partial charge in [-0.1, -0.05) is 18.2 Å². The Hall–Kier alpha value is -1.94. The maximum absolute atomic E-state index is 12.2. The first-order valence-corrected chi connectivity index (χ1v) is 6.60. The van der Waals surface area contributed by atoms with Gasteiger partial charge >= 0.3 is 0 Å². The first-order valence-electron chi connectivity index (χ1n) is 6.60. The van der Waals surface area contributed by atoms with Crippen molar-refractivity contribution >= 4 is 17.4 Å². The highest BCUT2D eigenvalue weighted by Crippen LogP contribution is 2.28. The third kappa shape index (κ3) is 1.98. The van der Waals surface area contributed by atoms with Crippen molar-refractivity contribution in [3.63, 3.8) is 0 Å². The maximum atomic E-state index is 12.2. The zero-order valence-corrected chi connectivity index (χ0v) is 10.7. The Balaban J connectivity index is 1.93. The van der Waals surface area contributed by atoms with Crippen LogP contribution in [-0.2, 0) is 22.4 Å². The third-order valence-electron chi connectivity index (χ3n) is 3.77. The standard InChI is InChI=1S/C15H16N2O2/c16-6-7-17-14(18)9-13(15(17)19)12-5-4-10-2-1-3-11(10)8-12/h4-5,8-9H,1-3,6-7,16H2. The Morgan fingerprint density at radius 3 is 2.74 bits per heavy atom. The average molecular weight is 256 g/mol. The van der Waals surface area contributed by atoms with Crippen LogP contribution < -0.4 is 5.73 Å². The van der Waals surface area contributed by atoms with Crippen molar-refractivity contribution in [3.8, 4) is 0 Å². The number of amides is 2. The number of fused-ring (bicyclic) bond motifs is 1. The number of aryl methyl sites for hydroxylation is 2. The number of hydrogen-bond donors (Lipinski definition) is 1. The highest BCUT2D eigenvalue weighted by Gasteiger charge is 2.31. The van der Waals surface area contributed by atoms with Crippen LogP contribution in [0.2, 0.25) is 0 Å². The molecular weight excluding hydrogens is 240 g/mol. The number of rotatable bonds is 3. The molecule has 0 atom stereocenters. The average Bonchev–Trinajstić information content (AvgIpc) is 2.97. The van der Waals surface area contributed by atoms with Crippen LogP contribution in [0.5, 0.6) is 0 Å². The zero-order chi connectivity index (χ0) is 13.4. The van der Waals surface area contributed by atoms with Crippen LogP contribution >= 0.6 is 0 Å². The minimum Gasteiger partial charge on any atom is -0.329 e. The number of nitrogens with two attached hydrogens (primary N) is 1. The lowest BCUT2D eigenvalue weighted by atomic mass is 10.0. The van der Waals surface area contributed by atoms with E-state index in [9.17, 15) is 9.59 Å². The molecule has 0 radical (unpaired) electrons. The molecule has 0 spiro atoms. The van der Waals surface area contributed by atoms with Crippen molar-refractivity contribution in [3.05, 3.63) is 41.0 Å². The molecule has 1 aromatic rings. The Bertz CT molecular complexity index is 590. The Morgan fingerprint density at radius 1 is 1.16 bits per heavy atom. The first kappa shape index (κ1) is 12.1. The largest absolute Gasteiger partial charge is 0.329 e. The van der Waals surface area contributed by atoms with E-state index < -0.39 is 0 Å². The second-order valence-corrected chi connectivity index (χ2v) is 4.98. The highest BCUT2D eigenvalue weighted by molar-refractivity contribution is 6.33. The van der Waals surface area contributed by atoms with Gasteiger partial charge in [-0.25, -0.2) is 0 Å². The molecule has 0 saturated heterocycles. The van der Waals surface area contributed by atoms with Gasteiger partial charge in [0.05, 0.1) is 5.57 Å². The van der Waals surface area contributed by atoms with E-state index in [2.05, 4.69) is 6.07 Å².